The van der Waals surface area contributed by atoms with Gasteiger partial charge in [-0.15, -0.1) is 0 Å². The molecular formula is C13H25N3O2. The van der Waals surface area contributed by atoms with Crippen LogP contribution in [0.25, 0.3) is 0 Å². The van der Waals surface area contributed by atoms with Crippen LogP contribution in [0.5, 0.6) is 0 Å². The molecule has 5 heteroatoms. The molecule has 4 N–H and O–H groups in total. The van der Waals surface area contributed by atoms with E-state index in [9.17, 15) is 9.59 Å². The van der Waals surface area contributed by atoms with Gasteiger partial charge in [0.2, 0.25) is 11.8 Å². The fourth-order valence-corrected chi connectivity index (χ4v) is 2.32. The van der Waals surface area contributed by atoms with Crippen LogP contribution in [0.3, 0.4) is 0 Å². The van der Waals surface area contributed by atoms with Gasteiger partial charge < -0.3 is 16.4 Å². The number of nitrogens with one attached hydrogen (secondary N) is 2. The number of rotatable bonds is 6. The molecule has 0 saturated carbocycles. The number of nitrogens with two attached hydrogens (primary N) is 1. The molecule has 1 fully saturated rings. The first-order chi connectivity index (χ1) is 8.49. The second-order valence-corrected chi connectivity index (χ2v) is 5.55. The molecule has 2 amide bonds. The molecule has 0 aromatic carbocycles. The first kappa shape index (κ1) is 15.0. The first-order valence-corrected chi connectivity index (χ1v) is 6.78. The quantitative estimate of drug-likeness (QED) is 0.642. The van der Waals surface area contributed by atoms with E-state index in [1.165, 1.54) is 0 Å². The molecule has 5 nitrogen and oxygen atoms in total. The highest BCUT2D eigenvalue weighted by atomic mass is 16.2. The van der Waals surface area contributed by atoms with E-state index in [0.717, 1.165) is 25.9 Å². The molecule has 0 aromatic heterocycles. The van der Waals surface area contributed by atoms with Crippen molar-refractivity contribution in [1.29, 1.82) is 0 Å². The third kappa shape index (κ3) is 5.49. The van der Waals surface area contributed by atoms with Crippen LogP contribution >= 0.6 is 0 Å². The van der Waals surface area contributed by atoms with Gasteiger partial charge in [0, 0.05) is 6.42 Å². The molecule has 0 bridgehead atoms. The van der Waals surface area contributed by atoms with Gasteiger partial charge in [-0.05, 0) is 44.2 Å². The number of hydrogen-bond donors (Lipinski definition) is 3. The summed E-state index contributed by atoms with van der Waals surface area (Å²) < 4.78 is 0. The number of carbonyl (C=O) groups is 2. The summed E-state index contributed by atoms with van der Waals surface area (Å²) in [5, 5.41) is 6.03. The number of piperidine rings is 1. The molecule has 1 aliphatic heterocycles. The van der Waals surface area contributed by atoms with Gasteiger partial charge in [-0.2, -0.15) is 0 Å². The van der Waals surface area contributed by atoms with Crippen LogP contribution < -0.4 is 16.4 Å². The van der Waals surface area contributed by atoms with Crippen LogP contribution in [0.1, 0.15) is 39.5 Å². The van der Waals surface area contributed by atoms with Gasteiger partial charge in [0.05, 0.1) is 0 Å². The molecule has 1 saturated heterocycles. The predicted molar refractivity (Wildman–Crippen MR) is 70.8 cm³/mol. The monoisotopic (exact) mass is 255 g/mol. The van der Waals surface area contributed by atoms with Gasteiger partial charge in [0.15, 0.2) is 0 Å². The Labute approximate surface area is 109 Å². The molecule has 0 unspecified atom stereocenters. The maximum Gasteiger partial charge on any atom is 0.240 e. The normalized spacial score (nSPS) is 18.6. The third-order valence-corrected chi connectivity index (χ3v) is 3.32. The molecule has 0 radical (unpaired) electrons. The van der Waals surface area contributed by atoms with Crippen LogP contribution in [0, 0.1) is 11.8 Å². The summed E-state index contributed by atoms with van der Waals surface area (Å²) in [5.41, 5.74) is 5.30. The van der Waals surface area contributed by atoms with E-state index < -0.39 is 11.9 Å². The summed E-state index contributed by atoms with van der Waals surface area (Å²) in [4.78, 5) is 23.1. The SMILES string of the molecule is CC(C)C[C@H](NC(=O)CC1CCNCC1)C(N)=O. The zero-order valence-electron chi connectivity index (χ0n) is 11.4. The third-order valence-electron chi connectivity index (χ3n) is 3.32. The lowest BCUT2D eigenvalue weighted by Gasteiger charge is -2.23. The van der Waals surface area contributed by atoms with Crippen LogP contribution in [0.15, 0.2) is 0 Å². The van der Waals surface area contributed by atoms with Crippen molar-refractivity contribution in [2.24, 2.45) is 17.6 Å². The highest BCUT2D eigenvalue weighted by Gasteiger charge is 2.22. The fourth-order valence-electron chi connectivity index (χ4n) is 2.32. The molecular weight excluding hydrogens is 230 g/mol. The first-order valence-electron chi connectivity index (χ1n) is 6.78. The highest BCUT2D eigenvalue weighted by molar-refractivity contribution is 5.86. The summed E-state index contributed by atoms with van der Waals surface area (Å²) >= 11 is 0. The van der Waals surface area contributed by atoms with Crippen LogP contribution in [0.2, 0.25) is 0 Å². The number of hydrogen-bond acceptors (Lipinski definition) is 3. The van der Waals surface area contributed by atoms with Gasteiger partial charge in [-0.25, -0.2) is 0 Å². The average Bonchev–Trinajstić information content (AvgIpc) is 2.28. The second-order valence-electron chi connectivity index (χ2n) is 5.55. The standard InChI is InChI=1S/C13H25N3O2/c1-9(2)7-11(13(14)18)16-12(17)8-10-3-5-15-6-4-10/h9-11,15H,3-8H2,1-2H3,(H2,14,18)(H,16,17)/t11-/m0/s1. The molecule has 1 rings (SSSR count). The van der Waals surface area contributed by atoms with E-state index in [-0.39, 0.29) is 5.91 Å². The van der Waals surface area contributed by atoms with Gasteiger partial charge in [-0.3, -0.25) is 9.59 Å². The smallest absolute Gasteiger partial charge is 0.240 e. The van der Waals surface area contributed by atoms with E-state index in [0.29, 0.717) is 24.7 Å². The Morgan fingerprint density at radius 3 is 2.44 bits per heavy atom. The molecule has 0 spiro atoms. The van der Waals surface area contributed by atoms with Crippen molar-refractivity contribution in [2.75, 3.05) is 13.1 Å². The van der Waals surface area contributed by atoms with Crippen LogP contribution in [-0.2, 0) is 9.59 Å². The molecule has 18 heavy (non-hydrogen) atoms. The summed E-state index contributed by atoms with van der Waals surface area (Å²) in [6, 6.07) is -0.529. The van der Waals surface area contributed by atoms with Crippen LogP contribution in [0.4, 0.5) is 0 Å². The van der Waals surface area contributed by atoms with Crippen molar-refractivity contribution < 1.29 is 9.59 Å². The Morgan fingerprint density at radius 1 is 1.33 bits per heavy atom. The summed E-state index contributed by atoms with van der Waals surface area (Å²) in [6.45, 7) is 5.97. The zero-order valence-corrected chi connectivity index (χ0v) is 11.4. The van der Waals surface area contributed by atoms with E-state index in [4.69, 9.17) is 5.73 Å². The Bertz CT molecular complexity index is 286. The van der Waals surface area contributed by atoms with E-state index in [1.54, 1.807) is 0 Å². The van der Waals surface area contributed by atoms with Gasteiger partial charge >= 0.3 is 0 Å². The van der Waals surface area contributed by atoms with Gasteiger partial charge in [0.25, 0.3) is 0 Å². The second kappa shape index (κ2) is 7.36. The lowest BCUT2D eigenvalue weighted by Crippen LogP contribution is -2.46. The molecule has 0 aromatic rings. The lowest BCUT2D eigenvalue weighted by atomic mass is 9.94. The summed E-state index contributed by atoms with van der Waals surface area (Å²) in [7, 11) is 0. The average molecular weight is 255 g/mol. The van der Waals surface area contributed by atoms with E-state index in [2.05, 4.69) is 10.6 Å². The Morgan fingerprint density at radius 2 is 1.94 bits per heavy atom. The Hall–Kier alpha value is -1.10. The minimum Gasteiger partial charge on any atom is -0.368 e. The van der Waals surface area contributed by atoms with Crippen molar-refractivity contribution in [3.05, 3.63) is 0 Å². The fraction of sp³-hybridized carbons (Fsp3) is 0.846. The number of carbonyl (C=O) groups excluding carboxylic acids is 2. The number of primary amides is 1. The van der Waals surface area contributed by atoms with Gasteiger partial charge in [0.1, 0.15) is 6.04 Å². The van der Waals surface area contributed by atoms with Crippen molar-refractivity contribution in [3.8, 4) is 0 Å². The van der Waals surface area contributed by atoms with Crippen LogP contribution in [-0.4, -0.2) is 30.9 Å². The predicted octanol–water partition coefficient (Wildman–Crippen LogP) is 0.392. The topological polar surface area (TPSA) is 84.2 Å². The molecule has 104 valence electrons. The highest BCUT2D eigenvalue weighted by Crippen LogP contribution is 2.16. The van der Waals surface area contributed by atoms with Crippen molar-refractivity contribution in [3.63, 3.8) is 0 Å². The largest absolute Gasteiger partial charge is 0.368 e. The number of amides is 2. The van der Waals surface area contributed by atoms with Crippen molar-refractivity contribution in [2.45, 2.75) is 45.6 Å². The Kier molecular flexibility index (Phi) is 6.12. The molecule has 1 atom stereocenters. The van der Waals surface area contributed by atoms with Crippen molar-refractivity contribution >= 4 is 11.8 Å². The molecule has 1 aliphatic rings. The van der Waals surface area contributed by atoms with E-state index >= 15 is 0 Å². The van der Waals surface area contributed by atoms with Gasteiger partial charge in [-0.1, -0.05) is 13.8 Å². The minimum atomic E-state index is -0.529. The molecule has 0 aliphatic carbocycles. The molecule has 1 heterocycles. The Balaban J connectivity index is 2.37. The minimum absolute atomic E-state index is 0.0497. The van der Waals surface area contributed by atoms with Crippen molar-refractivity contribution in [1.82, 2.24) is 10.6 Å². The zero-order chi connectivity index (χ0) is 13.5. The summed E-state index contributed by atoms with van der Waals surface area (Å²) in [6.07, 6.45) is 3.16. The lowest BCUT2D eigenvalue weighted by molar-refractivity contribution is -0.128. The summed E-state index contributed by atoms with van der Waals surface area (Å²) in [5.74, 6) is 0.272. The van der Waals surface area contributed by atoms with E-state index in [1.807, 2.05) is 13.8 Å². The maximum atomic E-state index is 11.9. The maximum absolute atomic E-state index is 11.9.